The van der Waals surface area contributed by atoms with Crippen LogP contribution < -0.4 is 11.0 Å². The van der Waals surface area contributed by atoms with E-state index in [1.165, 1.54) is 10.6 Å². The molecule has 1 amide bonds. The Kier molecular flexibility index (Phi) is 4.22. The van der Waals surface area contributed by atoms with Gasteiger partial charge in [-0.25, -0.2) is 18.7 Å². The quantitative estimate of drug-likeness (QED) is 0.897. The Bertz CT molecular complexity index is 784. The number of aromatic nitrogens is 3. The Morgan fingerprint density at radius 2 is 2.22 bits per heavy atom. The van der Waals surface area contributed by atoms with Gasteiger partial charge in [-0.05, 0) is 18.9 Å². The number of aromatic amines is 1. The molecule has 1 aromatic heterocycles. The van der Waals surface area contributed by atoms with Crippen LogP contribution >= 0.6 is 0 Å². The maximum absolute atomic E-state index is 13.6. The fraction of sp³-hybridized carbons (Fsp3) is 0.400. The van der Waals surface area contributed by atoms with E-state index in [4.69, 9.17) is 0 Å². The van der Waals surface area contributed by atoms with E-state index in [1.807, 2.05) is 0 Å². The highest BCUT2D eigenvalue weighted by Gasteiger charge is 2.27. The van der Waals surface area contributed by atoms with E-state index in [1.54, 1.807) is 0 Å². The first-order valence-corrected chi connectivity index (χ1v) is 7.43. The highest BCUT2D eigenvalue weighted by Crippen LogP contribution is 2.21. The fourth-order valence-electron chi connectivity index (χ4n) is 2.80. The van der Waals surface area contributed by atoms with Crippen molar-refractivity contribution in [2.45, 2.75) is 38.3 Å². The number of carbonyl (C=O) groups excluding carboxylic acids is 1. The highest BCUT2D eigenvalue weighted by atomic mass is 19.1. The first kappa shape index (κ1) is 15.4. The molecule has 23 heavy (non-hydrogen) atoms. The first-order chi connectivity index (χ1) is 11.1. The van der Waals surface area contributed by atoms with Crippen LogP contribution in [0.15, 0.2) is 23.0 Å². The smallest absolute Gasteiger partial charge is 0.344 e. The number of nitrogens with zero attached hydrogens (tertiary/aromatic N) is 2. The van der Waals surface area contributed by atoms with Gasteiger partial charge in [0.15, 0.2) is 0 Å². The lowest BCUT2D eigenvalue weighted by atomic mass is 10.1. The van der Waals surface area contributed by atoms with Crippen LogP contribution in [0.2, 0.25) is 0 Å². The Balaban J connectivity index is 1.75. The van der Waals surface area contributed by atoms with Gasteiger partial charge in [0.25, 0.3) is 0 Å². The van der Waals surface area contributed by atoms with E-state index in [0.29, 0.717) is 18.7 Å². The minimum atomic E-state index is -0.715. The normalized spacial score (nSPS) is 17.4. The second kappa shape index (κ2) is 6.31. The summed E-state index contributed by atoms with van der Waals surface area (Å²) in [5.74, 6) is -1.20. The number of rotatable bonds is 3. The lowest BCUT2D eigenvalue weighted by Crippen LogP contribution is -2.36. The molecule has 1 aliphatic rings. The van der Waals surface area contributed by atoms with Gasteiger partial charge in [-0.1, -0.05) is 12.5 Å². The molecule has 6 nitrogen and oxygen atoms in total. The number of hydrogen-bond acceptors (Lipinski definition) is 3. The van der Waals surface area contributed by atoms with Crippen LogP contribution in [-0.2, 0) is 17.8 Å². The van der Waals surface area contributed by atoms with Crippen molar-refractivity contribution in [1.82, 2.24) is 20.1 Å². The van der Waals surface area contributed by atoms with Crippen LogP contribution in [0.3, 0.4) is 0 Å². The van der Waals surface area contributed by atoms with Crippen LogP contribution in [0.4, 0.5) is 8.78 Å². The summed E-state index contributed by atoms with van der Waals surface area (Å²) in [5.41, 5.74) is -0.233. The van der Waals surface area contributed by atoms with Gasteiger partial charge in [-0.2, -0.15) is 5.10 Å². The van der Waals surface area contributed by atoms with Gasteiger partial charge in [0, 0.05) is 24.6 Å². The van der Waals surface area contributed by atoms with Crippen molar-refractivity contribution in [1.29, 1.82) is 0 Å². The van der Waals surface area contributed by atoms with Gasteiger partial charge in [0.05, 0.1) is 0 Å². The van der Waals surface area contributed by atoms with Crippen molar-refractivity contribution >= 4 is 5.91 Å². The van der Waals surface area contributed by atoms with Crippen LogP contribution in [0.25, 0.3) is 0 Å². The molecule has 0 bridgehead atoms. The number of H-pyrrole nitrogens is 1. The van der Waals surface area contributed by atoms with E-state index >= 15 is 0 Å². The fourth-order valence-corrected chi connectivity index (χ4v) is 2.80. The predicted molar refractivity (Wildman–Crippen MR) is 77.6 cm³/mol. The molecule has 8 heteroatoms. The molecule has 2 N–H and O–H groups in total. The first-order valence-electron chi connectivity index (χ1n) is 7.43. The van der Waals surface area contributed by atoms with Crippen molar-refractivity contribution in [3.05, 3.63) is 51.7 Å². The molecule has 2 heterocycles. The summed E-state index contributed by atoms with van der Waals surface area (Å²) in [5, 5.41) is 8.90. The van der Waals surface area contributed by atoms with Crippen molar-refractivity contribution in [2.75, 3.05) is 0 Å². The second-order valence-electron chi connectivity index (χ2n) is 5.53. The monoisotopic (exact) mass is 322 g/mol. The van der Waals surface area contributed by atoms with Crippen molar-refractivity contribution < 1.29 is 13.6 Å². The number of fused-ring (bicyclic) bond motifs is 1. The highest BCUT2D eigenvalue weighted by molar-refractivity contribution is 5.80. The zero-order valence-corrected chi connectivity index (χ0v) is 12.3. The van der Waals surface area contributed by atoms with Crippen LogP contribution in [0, 0.1) is 11.6 Å². The number of amides is 1. The summed E-state index contributed by atoms with van der Waals surface area (Å²) in [6.45, 7) is -0.0661. The SMILES string of the molecule is O=C(NCc1ccc(F)cc1F)C1CCCCc2n[nH]c(=O)n21. The molecule has 3 rings (SSSR count). The lowest BCUT2D eigenvalue weighted by molar-refractivity contribution is -0.124. The zero-order chi connectivity index (χ0) is 16.4. The standard InChI is InChI=1S/C15H16F2N4O2/c16-10-6-5-9(11(17)7-10)8-18-14(22)12-3-1-2-4-13-19-20-15(23)21(12)13/h5-7,12H,1-4,8H2,(H,18,22)(H,20,23). The summed E-state index contributed by atoms with van der Waals surface area (Å²) in [6, 6.07) is 2.52. The predicted octanol–water partition coefficient (Wildman–Crippen LogP) is 1.43. The topological polar surface area (TPSA) is 79.8 Å². The van der Waals surface area contributed by atoms with Gasteiger partial charge in [-0.15, -0.1) is 0 Å². The average Bonchev–Trinajstić information content (AvgIpc) is 2.75. The van der Waals surface area contributed by atoms with Gasteiger partial charge in [0.2, 0.25) is 5.91 Å². The molecule has 2 aromatic rings. The second-order valence-corrected chi connectivity index (χ2v) is 5.53. The van der Waals surface area contributed by atoms with Crippen molar-refractivity contribution in [3.63, 3.8) is 0 Å². The molecular formula is C15H16F2N4O2. The molecule has 0 saturated carbocycles. The number of halogens is 2. The molecule has 0 saturated heterocycles. The summed E-state index contributed by atoms with van der Waals surface area (Å²) in [6.07, 6.45) is 2.80. The van der Waals surface area contributed by atoms with E-state index in [-0.39, 0.29) is 18.0 Å². The molecule has 1 aromatic carbocycles. The molecule has 0 fully saturated rings. The third kappa shape index (κ3) is 3.15. The van der Waals surface area contributed by atoms with Crippen molar-refractivity contribution in [3.8, 4) is 0 Å². The minimum absolute atomic E-state index is 0.0661. The molecule has 0 aliphatic carbocycles. The number of carbonyl (C=O) groups is 1. The third-order valence-electron chi connectivity index (χ3n) is 3.99. The van der Waals surface area contributed by atoms with E-state index < -0.39 is 23.4 Å². The molecular weight excluding hydrogens is 306 g/mol. The molecule has 122 valence electrons. The van der Waals surface area contributed by atoms with E-state index in [9.17, 15) is 18.4 Å². The van der Waals surface area contributed by atoms with Crippen molar-refractivity contribution in [2.24, 2.45) is 0 Å². The number of nitrogens with one attached hydrogen (secondary N) is 2. The number of aryl methyl sites for hydroxylation is 1. The van der Waals surface area contributed by atoms with Crippen LogP contribution in [0.1, 0.15) is 36.7 Å². The van der Waals surface area contributed by atoms with E-state index in [0.717, 1.165) is 25.0 Å². The Morgan fingerprint density at radius 3 is 3.00 bits per heavy atom. The maximum Gasteiger partial charge on any atom is 0.344 e. The molecule has 1 unspecified atom stereocenters. The Hall–Kier alpha value is -2.51. The molecule has 0 spiro atoms. The third-order valence-corrected chi connectivity index (χ3v) is 3.99. The zero-order valence-electron chi connectivity index (χ0n) is 12.3. The Morgan fingerprint density at radius 1 is 1.39 bits per heavy atom. The van der Waals surface area contributed by atoms with Gasteiger partial charge < -0.3 is 5.32 Å². The summed E-state index contributed by atoms with van der Waals surface area (Å²) >= 11 is 0. The van der Waals surface area contributed by atoms with Gasteiger partial charge in [0.1, 0.15) is 23.5 Å². The largest absolute Gasteiger partial charge is 0.350 e. The average molecular weight is 322 g/mol. The number of benzene rings is 1. The van der Waals surface area contributed by atoms with E-state index in [2.05, 4.69) is 15.5 Å². The van der Waals surface area contributed by atoms with Gasteiger partial charge in [-0.3, -0.25) is 9.36 Å². The summed E-state index contributed by atoms with van der Waals surface area (Å²) < 4.78 is 27.8. The van der Waals surface area contributed by atoms with Gasteiger partial charge >= 0.3 is 5.69 Å². The van der Waals surface area contributed by atoms with Crippen LogP contribution in [0.5, 0.6) is 0 Å². The molecule has 1 atom stereocenters. The Labute approximate surface area is 130 Å². The molecule has 1 aliphatic heterocycles. The van der Waals surface area contributed by atoms with Crippen LogP contribution in [-0.4, -0.2) is 20.7 Å². The summed E-state index contributed by atoms with van der Waals surface area (Å²) in [4.78, 5) is 24.3. The maximum atomic E-state index is 13.6. The number of hydrogen-bond donors (Lipinski definition) is 2. The minimum Gasteiger partial charge on any atom is -0.350 e. The summed E-state index contributed by atoms with van der Waals surface area (Å²) in [7, 11) is 0. The molecule has 0 radical (unpaired) electrons. The lowest BCUT2D eigenvalue weighted by Gasteiger charge is -2.16.